The number of benzene rings is 1. The highest BCUT2D eigenvalue weighted by Crippen LogP contribution is 2.34. The summed E-state index contributed by atoms with van der Waals surface area (Å²) in [6, 6.07) is 7.55. The summed E-state index contributed by atoms with van der Waals surface area (Å²) in [6.07, 6.45) is 7.50. The largest absolute Gasteiger partial charge is 0.497 e. The Morgan fingerprint density at radius 3 is 2.91 bits per heavy atom. The van der Waals surface area contributed by atoms with Crippen molar-refractivity contribution < 1.29 is 19.7 Å². The zero-order chi connectivity index (χ0) is 23.9. The van der Waals surface area contributed by atoms with Crippen LogP contribution in [0, 0.1) is 11.8 Å². The molecule has 1 fully saturated rings. The van der Waals surface area contributed by atoms with E-state index >= 15 is 0 Å². The van der Waals surface area contributed by atoms with Crippen molar-refractivity contribution in [1.29, 1.82) is 0 Å². The number of carboxylic acids is 1. The molecule has 34 heavy (non-hydrogen) atoms. The Hall–Kier alpha value is -2.55. The van der Waals surface area contributed by atoms with E-state index in [1.54, 1.807) is 24.6 Å². The van der Waals surface area contributed by atoms with Crippen molar-refractivity contribution in [1.82, 2.24) is 14.9 Å². The maximum absolute atomic E-state index is 11.6. The van der Waals surface area contributed by atoms with Crippen LogP contribution in [0.1, 0.15) is 48.8 Å². The molecule has 0 aliphatic carbocycles. The summed E-state index contributed by atoms with van der Waals surface area (Å²) in [6.45, 7) is 2.75. The molecule has 1 aliphatic heterocycles. The molecule has 0 radical (unpaired) electrons. The first-order valence-electron chi connectivity index (χ1n) is 12.0. The van der Waals surface area contributed by atoms with Crippen molar-refractivity contribution in [3.8, 4) is 5.75 Å². The minimum Gasteiger partial charge on any atom is -0.497 e. The number of fused-ring (bicyclic) bond motifs is 1. The van der Waals surface area contributed by atoms with E-state index in [2.05, 4.69) is 14.9 Å². The lowest BCUT2D eigenvalue weighted by atomic mass is 9.79. The molecule has 3 heterocycles. The van der Waals surface area contributed by atoms with E-state index in [0.29, 0.717) is 12.3 Å². The van der Waals surface area contributed by atoms with Gasteiger partial charge in [-0.3, -0.25) is 9.78 Å². The lowest BCUT2D eigenvalue weighted by molar-refractivity contribution is -0.139. The lowest BCUT2D eigenvalue weighted by Crippen LogP contribution is -2.42. The Bertz CT molecular complexity index is 1080. The van der Waals surface area contributed by atoms with Gasteiger partial charge in [0.2, 0.25) is 0 Å². The van der Waals surface area contributed by atoms with Crippen LogP contribution in [-0.4, -0.2) is 57.8 Å². The molecule has 3 aromatic rings. The molecule has 0 bridgehead atoms. The number of nitrogens with zero attached hydrogens (tertiary/aromatic N) is 3. The quantitative estimate of drug-likeness (QED) is 0.413. The number of aromatic nitrogens is 2. The Labute approximate surface area is 204 Å². The number of aliphatic carboxylic acids is 1. The van der Waals surface area contributed by atoms with E-state index in [1.165, 1.54) is 0 Å². The Morgan fingerprint density at radius 1 is 1.26 bits per heavy atom. The van der Waals surface area contributed by atoms with Crippen LogP contribution in [0.2, 0.25) is 0 Å². The van der Waals surface area contributed by atoms with Crippen molar-refractivity contribution in [2.45, 2.75) is 44.6 Å². The van der Waals surface area contributed by atoms with Gasteiger partial charge in [-0.1, -0.05) is 0 Å². The Morgan fingerprint density at radius 2 is 2.15 bits per heavy atom. The Kier molecular flexibility index (Phi) is 8.48. The van der Waals surface area contributed by atoms with Gasteiger partial charge in [-0.2, -0.15) is 0 Å². The third kappa shape index (κ3) is 6.31. The smallest absolute Gasteiger partial charge is 0.303 e. The van der Waals surface area contributed by atoms with Gasteiger partial charge in [0.05, 0.1) is 23.7 Å². The number of piperidine rings is 1. The molecule has 8 heteroatoms. The monoisotopic (exact) mass is 483 g/mol. The first kappa shape index (κ1) is 24.6. The third-order valence-electron chi connectivity index (χ3n) is 6.91. The number of aryl methyl sites for hydroxylation is 1. The average molecular weight is 484 g/mol. The second-order valence-corrected chi connectivity index (χ2v) is 10.1. The highest BCUT2D eigenvalue weighted by atomic mass is 32.1. The van der Waals surface area contributed by atoms with E-state index in [4.69, 9.17) is 4.74 Å². The van der Waals surface area contributed by atoms with Gasteiger partial charge >= 0.3 is 5.97 Å². The van der Waals surface area contributed by atoms with Gasteiger partial charge in [-0.05, 0) is 80.4 Å². The first-order chi connectivity index (χ1) is 16.5. The van der Waals surface area contributed by atoms with Crippen molar-refractivity contribution in [3.63, 3.8) is 0 Å². The summed E-state index contributed by atoms with van der Waals surface area (Å²) in [7, 11) is 1.63. The summed E-state index contributed by atoms with van der Waals surface area (Å²) in [5.41, 5.74) is 1.67. The molecule has 0 saturated carbocycles. The Balaban J connectivity index is 1.35. The highest BCUT2D eigenvalue weighted by Gasteiger charge is 2.31. The van der Waals surface area contributed by atoms with Crippen LogP contribution in [0.5, 0.6) is 5.75 Å². The number of aliphatic hydroxyl groups excluding tert-OH is 1. The summed E-state index contributed by atoms with van der Waals surface area (Å²) < 4.78 is 5.35. The second-order valence-electron chi connectivity index (χ2n) is 9.11. The average Bonchev–Trinajstić information content (AvgIpc) is 3.36. The van der Waals surface area contributed by atoms with Crippen LogP contribution in [0.25, 0.3) is 10.9 Å². The normalized spacial score (nSPS) is 19.8. The number of likely N-dealkylation sites (tertiary alicyclic amines) is 1. The molecule has 1 aromatic carbocycles. The van der Waals surface area contributed by atoms with Gasteiger partial charge in [0, 0.05) is 42.5 Å². The van der Waals surface area contributed by atoms with Crippen molar-refractivity contribution in [2.75, 3.05) is 26.7 Å². The lowest BCUT2D eigenvalue weighted by Gasteiger charge is -2.38. The SMILES string of the molecule is COc1ccc2nccc([C@H](O)CC[C@@H]3CCN(CCCc4nccs4)C[C@@H]3CC(=O)O)c2c1. The van der Waals surface area contributed by atoms with Crippen LogP contribution in [0.3, 0.4) is 0 Å². The van der Waals surface area contributed by atoms with Gasteiger partial charge in [0.1, 0.15) is 5.75 Å². The maximum Gasteiger partial charge on any atom is 0.303 e. The van der Waals surface area contributed by atoms with Gasteiger partial charge in [0.15, 0.2) is 0 Å². The van der Waals surface area contributed by atoms with E-state index in [-0.39, 0.29) is 12.3 Å². The van der Waals surface area contributed by atoms with Crippen LogP contribution >= 0.6 is 11.3 Å². The van der Waals surface area contributed by atoms with E-state index < -0.39 is 12.1 Å². The van der Waals surface area contributed by atoms with E-state index in [1.807, 2.05) is 35.8 Å². The molecule has 3 atom stereocenters. The number of rotatable bonds is 11. The molecule has 7 nitrogen and oxygen atoms in total. The predicted molar refractivity (Wildman–Crippen MR) is 133 cm³/mol. The van der Waals surface area contributed by atoms with Gasteiger partial charge < -0.3 is 19.8 Å². The maximum atomic E-state index is 11.6. The standard InChI is InChI=1S/C26H33N3O4S/c1-33-20-5-6-23-22(16-20)21(8-10-27-23)24(30)7-4-18-9-13-29(17-19(18)15-26(31)32)12-2-3-25-28-11-14-34-25/h5-6,8,10-11,14,16,18-19,24,30H,2-4,7,9,12-13,15,17H2,1H3,(H,31,32)/t18-,19+,24-/m1/s1. The molecule has 0 spiro atoms. The number of hydrogen-bond acceptors (Lipinski definition) is 7. The van der Waals surface area contributed by atoms with Gasteiger partial charge in [-0.15, -0.1) is 11.3 Å². The number of carbonyl (C=O) groups is 1. The van der Waals surface area contributed by atoms with Crippen LogP contribution in [0.4, 0.5) is 0 Å². The van der Waals surface area contributed by atoms with Crippen molar-refractivity contribution in [3.05, 3.63) is 52.6 Å². The molecular weight excluding hydrogens is 450 g/mol. The number of hydrogen-bond donors (Lipinski definition) is 2. The fourth-order valence-corrected chi connectivity index (χ4v) is 5.78. The summed E-state index contributed by atoms with van der Waals surface area (Å²) >= 11 is 1.69. The van der Waals surface area contributed by atoms with Crippen molar-refractivity contribution in [2.24, 2.45) is 11.8 Å². The number of ether oxygens (including phenoxy) is 1. The van der Waals surface area contributed by atoms with E-state index in [9.17, 15) is 15.0 Å². The molecule has 4 rings (SSSR count). The fraction of sp³-hybridized carbons (Fsp3) is 0.500. The molecule has 1 saturated heterocycles. The molecule has 2 N–H and O–H groups in total. The second kappa shape index (κ2) is 11.7. The molecular formula is C26H33N3O4S. The molecule has 1 aliphatic rings. The number of pyridine rings is 1. The van der Waals surface area contributed by atoms with Gasteiger partial charge in [0.25, 0.3) is 0 Å². The zero-order valence-corrected chi connectivity index (χ0v) is 20.4. The predicted octanol–water partition coefficient (Wildman–Crippen LogP) is 4.56. The van der Waals surface area contributed by atoms with E-state index in [0.717, 1.165) is 72.5 Å². The van der Waals surface area contributed by atoms with Crippen LogP contribution in [-0.2, 0) is 11.2 Å². The minimum atomic E-state index is -0.743. The number of methoxy groups -OCH3 is 1. The summed E-state index contributed by atoms with van der Waals surface area (Å²) in [5, 5.41) is 24.6. The molecule has 0 amide bonds. The summed E-state index contributed by atoms with van der Waals surface area (Å²) in [4.78, 5) is 22.7. The van der Waals surface area contributed by atoms with Crippen molar-refractivity contribution >= 4 is 28.2 Å². The molecule has 182 valence electrons. The third-order valence-corrected chi connectivity index (χ3v) is 7.75. The zero-order valence-electron chi connectivity index (χ0n) is 19.6. The number of aliphatic hydroxyl groups is 1. The van der Waals surface area contributed by atoms with Crippen LogP contribution < -0.4 is 4.74 Å². The number of thiazole rings is 1. The van der Waals surface area contributed by atoms with Gasteiger partial charge in [-0.25, -0.2) is 4.98 Å². The first-order valence-corrected chi connectivity index (χ1v) is 12.8. The van der Waals surface area contributed by atoms with Crippen LogP contribution in [0.15, 0.2) is 42.0 Å². The summed E-state index contributed by atoms with van der Waals surface area (Å²) in [5.74, 6) is 0.390. The minimum absolute atomic E-state index is 0.104. The topological polar surface area (TPSA) is 95.8 Å². The fourth-order valence-electron chi connectivity index (χ4n) is 5.12. The number of carboxylic acid groups (broad SMARTS) is 1. The molecule has 0 unspecified atom stereocenters. The highest BCUT2D eigenvalue weighted by molar-refractivity contribution is 7.09. The molecule has 2 aromatic heterocycles.